The molecule has 0 aromatic heterocycles. The lowest BCUT2D eigenvalue weighted by Gasteiger charge is -2.14. The smallest absolute Gasteiger partial charge is 0.493 e. The zero-order valence-corrected chi connectivity index (χ0v) is 21.0. The molecule has 0 fully saturated rings. The van der Waals surface area contributed by atoms with Crippen LogP contribution in [0.5, 0.6) is 17.2 Å². The van der Waals surface area contributed by atoms with E-state index in [0.29, 0.717) is 5.75 Å². The van der Waals surface area contributed by atoms with E-state index in [9.17, 15) is 9.59 Å². The number of carbonyl (C=O) groups is 2. The molecule has 9 nitrogen and oxygen atoms in total. The zero-order valence-electron chi connectivity index (χ0n) is 21.0. The van der Waals surface area contributed by atoms with Crippen LogP contribution in [-0.4, -0.2) is 40.1 Å². The second-order valence-corrected chi connectivity index (χ2v) is 7.89. The summed E-state index contributed by atoms with van der Waals surface area (Å²) in [5.41, 5.74) is -0.00592. The van der Waals surface area contributed by atoms with E-state index in [1.807, 2.05) is 0 Å². The number of hydrogen-bond donors (Lipinski definition) is 0. The molecule has 0 radical (unpaired) electrons. The van der Waals surface area contributed by atoms with Gasteiger partial charge in [0.15, 0.2) is 11.5 Å². The highest BCUT2D eigenvalue weighted by Gasteiger charge is 2.23. The maximum absolute atomic E-state index is 12.2. The molecule has 1 rings (SSSR count). The molecule has 1 aromatic carbocycles. The Morgan fingerprint density at radius 1 is 0.676 bits per heavy atom. The Bertz CT molecular complexity index is 706. The standard InChI is InChI=1S/C25H40O9/c1-5-6-7-8-9-10-11-12-13-14-15-16-19-31-25(27)33-34-32-24(26)20-17-18-21(28-2)23(30-4)22(20)29-3/h17-18H,5-16,19H2,1-4H3. The van der Waals surface area contributed by atoms with E-state index in [4.69, 9.17) is 18.9 Å². The van der Waals surface area contributed by atoms with Gasteiger partial charge in [-0.3, -0.25) is 4.89 Å². The highest BCUT2D eigenvalue weighted by Crippen LogP contribution is 2.39. The monoisotopic (exact) mass is 484 g/mol. The largest absolute Gasteiger partial charge is 0.543 e. The molecule has 0 spiro atoms. The van der Waals surface area contributed by atoms with E-state index in [-0.39, 0.29) is 23.7 Å². The van der Waals surface area contributed by atoms with Gasteiger partial charge in [0.2, 0.25) is 5.75 Å². The molecule has 0 atom stereocenters. The van der Waals surface area contributed by atoms with E-state index >= 15 is 0 Å². The van der Waals surface area contributed by atoms with Crippen molar-refractivity contribution >= 4 is 12.1 Å². The SMILES string of the molecule is CCCCCCCCCCCCCCOC(=O)OOOC(=O)c1ccc(OC)c(OC)c1OC. The Morgan fingerprint density at radius 3 is 1.76 bits per heavy atom. The van der Waals surface area contributed by atoms with Gasteiger partial charge >= 0.3 is 12.1 Å². The Kier molecular flexibility index (Phi) is 16.2. The fourth-order valence-corrected chi connectivity index (χ4v) is 3.51. The molecule has 194 valence electrons. The lowest BCUT2D eigenvalue weighted by Crippen LogP contribution is -2.13. The highest BCUT2D eigenvalue weighted by molar-refractivity contribution is 5.93. The van der Waals surface area contributed by atoms with Gasteiger partial charge in [-0.25, -0.2) is 14.5 Å². The van der Waals surface area contributed by atoms with E-state index in [1.165, 1.54) is 91.2 Å². The van der Waals surface area contributed by atoms with Crippen LogP contribution in [0.25, 0.3) is 0 Å². The van der Waals surface area contributed by atoms with Gasteiger partial charge in [-0.15, -0.1) is 0 Å². The van der Waals surface area contributed by atoms with Crippen molar-refractivity contribution < 1.29 is 43.3 Å². The van der Waals surface area contributed by atoms with Crippen LogP contribution in [0, 0.1) is 0 Å². The summed E-state index contributed by atoms with van der Waals surface area (Å²) in [6, 6.07) is 2.90. The first-order chi connectivity index (χ1) is 16.6. The molecule has 9 heteroatoms. The fourth-order valence-electron chi connectivity index (χ4n) is 3.51. The van der Waals surface area contributed by atoms with Crippen molar-refractivity contribution in [3.63, 3.8) is 0 Å². The summed E-state index contributed by atoms with van der Waals surface area (Å²) in [6.45, 7) is 2.44. The minimum Gasteiger partial charge on any atom is -0.493 e. The quantitative estimate of drug-likeness (QED) is 0.0934. The molecule has 0 heterocycles. The second-order valence-electron chi connectivity index (χ2n) is 7.89. The summed E-state index contributed by atoms with van der Waals surface area (Å²) >= 11 is 0. The Labute approximate surface area is 202 Å². The molecule has 0 aliphatic rings. The topological polar surface area (TPSA) is 98.8 Å². The minimum atomic E-state index is -1.09. The van der Waals surface area contributed by atoms with Gasteiger partial charge in [-0.05, 0) is 18.6 Å². The van der Waals surface area contributed by atoms with Crippen LogP contribution >= 0.6 is 0 Å². The lowest BCUT2D eigenvalue weighted by molar-refractivity contribution is -0.452. The van der Waals surface area contributed by atoms with Gasteiger partial charge in [0.05, 0.1) is 33.0 Å². The molecular weight excluding hydrogens is 444 g/mol. The Morgan fingerprint density at radius 2 is 1.24 bits per heavy atom. The zero-order chi connectivity index (χ0) is 25.0. The summed E-state index contributed by atoms with van der Waals surface area (Å²) in [5.74, 6) is -0.284. The van der Waals surface area contributed by atoms with E-state index in [0.717, 1.165) is 19.3 Å². The first-order valence-corrected chi connectivity index (χ1v) is 12.1. The second kappa shape index (κ2) is 18.7. The summed E-state index contributed by atoms with van der Waals surface area (Å²) in [5, 5.41) is 4.25. The van der Waals surface area contributed by atoms with Gasteiger partial charge in [0, 0.05) is 0 Å². The Hall–Kier alpha value is -2.68. The van der Waals surface area contributed by atoms with Crippen LogP contribution in [-0.2, 0) is 19.6 Å². The van der Waals surface area contributed by atoms with Crippen LogP contribution in [0.3, 0.4) is 0 Å². The fraction of sp³-hybridized carbons (Fsp3) is 0.680. The number of ether oxygens (including phenoxy) is 4. The van der Waals surface area contributed by atoms with Crippen LogP contribution in [0.1, 0.15) is 94.3 Å². The Balaban J connectivity index is 2.12. The number of benzene rings is 1. The number of methoxy groups -OCH3 is 3. The van der Waals surface area contributed by atoms with Crippen LogP contribution < -0.4 is 14.2 Å². The van der Waals surface area contributed by atoms with Crippen molar-refractivity contribution in [1.82, 2.24) is 0 Å². The van der Waals surface area contributed by atoms with Crippen LogP contribution in [0.15, 0.2) is 12.1 Å². The predicted molar refractivity (Wildman–Crippen MR) is 126 cm³/mol. The molecule has 0 N–H and O–H groups in total. The molecule has 0 unspecified atom stereocenters. The van der Waals surface area contributed by atoms with Crippen molar-refractivity contribution in [3.8, 4) is 17.2 Å². The number of carbonyl (C=O) groups excluding carboxylic acids is 2. The van der Waals surface area contributed by atoms with E-state index in [1.54, 1.807) is 0 Å². The van der Waals surface area contributed by atoms with Gasteiger partial charge in [-0.2, -0.15) is 0 Å². The predicted octanol–water partition coefficient (Wildman–Crippen LogP) is 6.57. The molecule has 0 bridgehead atoms. The molecule has 0 amide bonds. The summed E-state index contributed by atoms with van der Waals surface area (Å²) in [4.78, 5) is 32.6. The summed E-state index contributed by atoms with van der Waals surface area (Å²) in [7, 11) is 4.22. The molecule has 0 aliphatic heterocycles. The van der Waals surface area contributed by atoms with E-state index in [2.05, 4.69) is 21.7 Å². The van der Waals surface area contributed by atoms with E-state index < -0.39 is 12.1 Å². The van der Waals surface area contributed by atoms with Crippen molar-refractivity contribution in [1.29, 1.82) is 0 Å². The normalized spacial score (nSPS) is 10.5. The van der Waals surface area contributed by atoms with Crippen molar-refractivity contribution in [3.05, 3.63) is 17.7 Å². The molecule has 0 saturated carbocycles. The maximum atomic E-state index is 12.2. The number of rotatable bonds is 19. The number of hydrogen-bond acceptors (Lipinski definition) is 9. The van der Waals surface area contributed by atoms with Gasteiger partial charge < -0.3 is 18.9 Å². The highest BCUT2D eigenvalue weighted by atomic mass is 17.5. The van der Waals surface area contributed by atoms with Crippen molar-refractivity contribution in [2.45, 2.75) is 84.0 Å². The average molecular weight is 485 g/mol. The molecule has 0 aliphatic carbocycles. The molecular formula is C25H40O9. The first-order valence-electron chi connectivity index (χ1n) is 12.1. The summed E-state index contributed by atoms with van der Waals surface area (Å²) in [6.07, 6.45) is 13.5. The molecule has 34 heavy (non-hydrogen) atoms. The lowest BCUT2D eigenvalue weighted by atomic mass is 10.1. The van der Waals surface area contributed by atoms with Gasteiger partial charge in [0.25, 0.3) is 0 Å². The number of unbranched alkanes of at least 4 members (excludes halogenated alkanes) is 11. The molecule has 1 aromatic rings. The average Bonchev–Trinajstić information content (AvgIpc) is 2.85. The third-order valence-corrected chi connectivity index (χ3v) is 5.35. The van der Waals surface area contributed by atoms with Gasteiger partial charge in [0.1, 0.15) is 5.56 Å². The minimum absolute atomic E-state index is 0.00592. The molecule has 0 saturated heterocycles. The maximum Gasteiger partial charge on any atom is 0.543 e. The van der Waals surface area contributed by atoms with Crippen LogP contribution in [0.2, 0.25) is 0 Å². The van der Waals surface area contributed by atoms with Crippen LogP contribution in [0.4, 0.5) is 4.79 Å². The van der Waals surface area contributed by atoms with Crippen molar-refractivity contribution in [2.24, 2.45) is 0 Å². The third-order valence-electron chi connectivity index (χ3n) is 5.35. The third kappa shape index (κ3) is 11.4. The van der Waals surface area contributed by atoms with Gasteiger partial charge in [-0.1, -0.05) is 77.6 Å². The van der Waals surface area contributed by atoms with Crippen molar-refractivity contribution in [2.75, 3.05) is 27.9 Å². The summed E-state index contributed by atoms with van der Waals surface area (Å²) < 4.78 is 20.4. The first kappa shape index (κ1) is 29.4.